The summed E-state index contributed by atoms with van der Waals surface area (Å²) in [5.41, 5.74) is 4.66. The van der Waals surface area contributed by atoms with E-state index in [0.29, 0.717) is 11.2 Å². The number of carboxylic acid groups (broad SMARTS) is 1. The van der Waals surface area contributed by atoms with Crippen molar-refractivity contribution in [1.82, 2.24) is 14.7 Å². The number of aliphatic carboxylic acids is 1. The van der Waals surface area contributed by atoms with E-state index in [4.69, 9.17) is 4.98 Å². The van der Waals surface area contributed by atoms with Crippen LogP contribution in [0.3, 0.4) is 0 Å². The number of hydrogen-bond donors (Lipinski definition) is 3. The minimum absolute atomic E-state index is 0.0438. The fourth-order valence-electron chi connectivity index (χ4n) is 4.44. The Bertz CT molecular complexity index is 1520. The van der Waals surface area contributed by atoms with E-state index >= 15 is 0 Å². The Labute approximate surface area is 219 Å². The van der Waals surface area contributed by atoms with E-state index in [0.717, 1.165) is 28.3 Å². The van der Waals surface area contributed by atoms with Crippen LogP contribution in [0.5, 0.6) is 0 Å². The number of carbonyl (C=O) groups excluding carboxylic acids is 1. The molecule has 0 aliphatic rings. The van der Waals surface area contributed by atoms with Gasteiger partial charge in [0.1, 0.15) is 5.82 Å². The first kappa shape index (κ1) is 26.3. The third-order valence-electron chi connectivity index (χ3n) is 6.36. The van der Waals surface area contributed by atoms with E-state index in [1.165, 1.54) is 18.2 Å². The van der Waals surface area contributed by atoms with Gasteiger partial charge in [0.15, 0.2) is 5.65 Å². The van der Waals surface area contributed by atoms with Crippen molar-refractivity contribution in [3.8, 4) is 0 Å². The van der Waals surface area contributed by atoms with Crippen LogP contribution in [-0.2, 0) is 4.79 Å². The first-order chi connectivity index (χ1) is 18.1. The molecular weight excluding hydrogens is 486 g/mol. The number of hydrogen-bond acceptors (Lipinski definition) is 6. The number of para-hydroxylation sites is 1. The number of aryl methyl sites for hydroxylation is 2. The van der Waals surface area contributed by atoms with E-state index in [-0.39, 0.29) is 17.2 Å². The average molecular weight is 516 g/mol. The summed E-state index contributed by atoms with van der Waals surface area (Å²) in [4.78, 5) is 40.5. The van der Waals surface area contributed by atoms with E-state index in [9.17, 15) is 24.8 Å². The minimum atomic E-state index is -1.15. The summed E-state index contributed by atoms with van der Waals surface area (Å²) in [7, 11) is 0. The highest BCUT2D eigenvalue weighted by molar-refractivity contribution is 6.00. The van der Waals surface area contributed by atoms with Gasteiger partial charge in [-0.15, -0.1) is 0 Å². The molecule has 1 unspecified atom stereocenters. The average Bonchev–Trinajstić information content (AvgIpc) is 3.24. The van der Waals surface area contributed by atoms with Crippen molar-refractivity contribution in [2.75, 3.05) is 5.32 Å². The van der Waals surface area contributed by atoms with Gasteiger partial charge in [0.25, 0.3) is 11.6 Å². The molecule has 0 bridgehead atoms. The molecule has 0 saturated heterocycles. The van der Waals surface area contributed by atoms with Crippen molar-refractivity contribution in [2.24, 2.45) is 0 Å². The standard InChI is InChI=1S/C28H29N5O5/c1-16(2)24-27(31-25-17(3)8-5-9-18(25)4)32-13-7-12-21(26(32)30-24)28(36)29-22(15-23(34)35)19-10-6-11-20(14-19)33(37)38/h5-14,16,22,31H,15H2,1-4H3,(H,29,36)(H,34,35). The highest BCUT2D eigenvalue weighted by Gasteiger charge is 2.25. The molecule has 38 heavy (non-hydrogen) atoms. The van der Waals surface area contributed by atoms with Crippen molar-refractivity contribution in [3.05, 3.63) is 98.9 Å². The third kappa shape index (κ3) is 5.34. The molecule has 196 valence electrons. The zero-order valence-corrected chi connectivity index (χ0v) is 21.6. The van der Waals surface area contributed by atoms with Crippen LogP contribution in [0.2, 0.25) is 0 Å². The number of carbonyl (C=O) groups is 2. The number of imidazole rings is 1. The number of nitro benzene ring substituents is 1. The molecule has 1 amide bonds. The number of amides is 1. The van der Waals surface area contributed by atoms with Crippen LogP contribution in [-0.4, -0.2) is 31.3 Å². The molecule has 2 aromatic heterocycles. The van der Waals surface area contributed by atoms with Gasteiger partial charge in [-0.1, -0.05) is 44.2 Å². The van der Waals surface area contributed by atoms with Crippen LogP contribution in [0.15, 0.2) is 60.8 Å². The Morgan fingerprint density at radius 3 is 2.39 bits per heavy atom. The first-order valence-corrected chi connectivity index (χ1v) is 12.2. The highest BCUT2D eigenvalue weighted by Crippen LogP contribution is 2.32. The maximum atomic E-state index is 13.5. The number of rotatable bonds is 9. The summed E-state index contributed by atoms with van der Waals surface area (Å²) >= 11 is 0. The van der Waals surface area contributed by atoms with Gasteiger partial charge >= 0.3 is 5.97 Å². The summed E-state index contributed by atoms with van der Waals surface area (Å²) < 4.78 is 1.82. The topological polar surface area (TPSA) is 139 Å². The lowest BCUT2D eigenvalue weighted by molar-refractivity contribution is -0.384. The van der Waals surface area contributed by atoms with Gasteiger partial charge in [-0.25, -0.2) is 4.98 Å². The van der Waals surface area contributed by atoms with Gasteiger partial charge in [0.05, 0.1) is 28.6 Å². The fraction of sp³-hybridized carbons (Fsp3) is 0.250. The van der Waals surface area contributed by atoms with E-state index < -0.39 is 29.3 Å². The number of pyridine rings is 1. The maximum Gasteiger partial charge on any atom is 0.305 e. The zero-order chi connectivity index (χ0) is 27.6. The van der Waals surface area contributed by atoms with E-state index in [2.05, 4.69) is 10.6 Å². The van der Waals surface area contributed by atoms with Gasteiger partial charge in [0.2, 0.25) is 0 Å². The molecule has 10 nitrogen and oxygen atoms in total. The van der Waals surface area contributed by atoms with Crippen LogP contribution in [0.1, 0.15) is 65.0 Å². The predicted octanol–water partition coefficient (Wildman–Crippen LogP) is 5.67. The van der Waals surface area contributed by atoms with Crippen molar-refractivity contribution >= 4 is 34.7 Å². The molecule has 1 atom stereocenters. The van der Waals surface area contributed by atoms with E-state index in [1.807, 2.05) is 56.5 Å². The normalized spacial score (nSPS) is 11.9. The Morgan fingerprint density at radius 2 is 1.76 bits per heavy atom. The van der Waals surface area contributed by atoms with Crippen LogP contribution in [0.25, 0.3) is 5.65 Å². The smallest absolute Gasteiger partial charge is 0.305 e. The predicted molar refractivity (Wildman–Crippen MR) is 144 cm³/mol. The van der Waals surface area contributed by atoms with Crippen molar-refractivity contribution in [1.29, 1.82) is 0 Å². The lowest BCUT2D eigenvalue weighted by Crippen LogP contribution is -2.30. The number of fused-ring (bicyclic) bond motifs is 1. The van der Waals surface area contributed by atoms with Crippen LogP contribution >= 0.6 is 0 Å². The van der Waals surface area contributed by atoms with Gasteiger partial charge in [0, 0.05) is 24.0 Å². The number of carboxylic acids is 1. The van der Waals surface area contributed by atoms with E-state index in [1.54, 1.807) is 18.2 Å². The van der Waals surface area contributed by atoms with Crippen molar-refractivity contribution in [2.45, 2.75) is 46.1 Å². The van der Waals surface area contributed by atoms with Crippen molar-refractivity contribution < 1.29 is 19.6 Å². The van der Waals surface area contributed by atoms with Crippen LogP contribution in [0.4, 0.5) is 17.2 Å². The number of nitro groups is 1. The quantitative estimate of drug-likeness (QED) is 0.193. The van der Waals surface area contributed by atoms with Crippen LogP contribution < -0.4 is 10.6 Å². The molecule has 4 rings (SSSR count). The number of nitrogens with one attached hydrogen (secondary N) is 2. The zero-order valence-electron chi connectivity index (χ0n) is 21.6. The molecule has 0 radical (unpaired) electrons. The molecule has 3 N–H and O–H groups in total. The summed E-state index contributed by atoms with van der Waals surface area (Å²) in [6, 6.07) is 14.0. The molecule has 0 saturated carbocycles. The van der Waals surface area contributed by atoms with Crippen LogP contribution in [0, 0.1) is 24.0 Å². The van der Waals surface area contributed by atoms with Gasteiger partial charge < -0.3 is 15.7 Å². The second-order valence-corrected chi connectivity index (χ2v) is 9.48. The second kappa shape index (κ2) is 10.7. The number of benzene rings is 2. The monoisotopic (exact) mass is 515 g/mol. The fourth-order valence-corrected chi connectivity index (χ4v) is 4.44. The number of non-ortho nitro benzene ring substituents is 1. The number of anilines is 2. The largest absolute Gasteiger partial charge is 0.481 e. The number of aromatic nitrogens is 2. The maximum absolute atomic E-state index is 13.5. The molecule has 0 aliphatic heterocycles. The van der Waals surface area contributed by atoms with Gasteiger partial charge in [-0.2, -0.15) is 0 Å². The Kier molecular flexibility index (Phi) is 7.43. The summed E-state index contributed by atoms with van der Waals surface area (Å²) in [6.45, 7) is 8.07. The SMILES string of the molecule is Cc1cccc(C)c1Nc1c(C(C)C)nc2c(C(=O)NC(CC(=O)O)c3cccc([N+](=O)[O-])c3)cccn12. The number of nitrogens with zero attached hydrogens (tertiary/aromatic N) is 3. The summed E-state index contributed by atoms with van der Waals surface area (Å²) in [5.74, 6) is -0.902. The molecular formula is C28H29N5O5. The lowest BCUT2D eigenvalue weighted by atomic mass is 10.0. The Balaban J connectivity index is 1.75. The minimum Gasteiger partial charge on any atom is -0.481 e. The second-order valence-electron chi connectivity index (χ2n) is 9.48. The molecule has 10 heteroatoms. The van der Waals surface area contributed by atoms with Gasteiger partial charge in [-0.05, 0) is 48.6 Å². The summed E-state index contributed by atoms with van der Waals surface area (Å²) in [5, 5.41) is 27.0. The molecule has 2 aromatic carbocycles. The Morgan fingerprint density at radius 1 is 1.08 bits per heavy atom. The van der Waals surface area contributed by atoms with Crippen molar-refractivity contribution in [3.63, 3.8) is 0 Å². The molecule has 0 aliphatic carbocycles. The Hall–Kier alpha value is -4.73. The first-order valence-electron chi connectivity index (χ1n) is 12.2. The third-order valence-corrected chi connectivity index (χ3v) is 6.36. The molecule has 0 fully saturated rings. The lowest BCUT2D eigenvalue weighted by Gasteiger charge is -2.18. The summed E-state index contributed by atoms with van der Waals surface area (Å²) in [6.07, 6.45) is 1.37. The molecule has 0 spiro atoms. The molecule has 4 aromatic rings. The van der Waals surface area contributed by atoms with Gasteiger partial charge in [-0.3, -0.25) is 24.1 Å². The molecule has 2 heterocycles. The highest BCUT2D eigenvalue weighted by atomic mass is 16.6.